The van der Waals surface area contributed by atoms with Crippen LogP contribution >= 0.6 is 15.9 Å². The van der Waals surface area contributed by atoms with E-state index in [2.05, 4.69) is 46.4 Å². The van der Waals surface area contributed by atoms with Crippen molar-refractivity contribution in [1.29, 1.82) is 0 Å². The van der Waals surface area contributed by atoms with Crippen LogP contribution in [0.1, 0.15) is 35.3 Å². The first-order chi connectivity index (χ1) is 13.1. The van der Waals surface area contributed by atoms with Crippen molar-refractivity contribution >= 4 is 33.2 Å². The molecule has 3 aromatic rings. The second-order valence-electron chi connectivity index (χ2n) is 6.89. The molecule has 2 atom stereocenters. The minimum absolute atomic E-state index is 0.0422. The van der Waals surface area contributed by atoms with Crippen LogP contribution in [-0.2, 0) is 0 Å². The molecule has 1 amide bonds. The van der Waals surface area contributed by atoms with E-state index in [9.17, 15) is 4.79 Å². The van der Waals surface area contributed by atoms with Gasteiger partial charge in [0.05, 0.1) is 6.04 Å². The van der Waals surface area contributed by atoms with Gasteiger partial charge in [-0.05, 0) is 61.4 Å². The maximum atomic E-state index is 13.2. The molecule has 3 aromatic carbocycles. The molecule has 1 N–H and O–H groups in total. The first-order valence-corrected chi connectivity index (χ1v) is 9.92. The number of nitrogens with zero attached hydrogens (tertiary/aromatic N) is 1. The highest BCUT2D eigenvalue weighted by molar-refractivity contribution is 9.10. The van der Waals surface area contributed by atoms with Crippen LogP contribution in [0.5, 0.6) is 0 Å². The summed E-state index contributed by atoms with van der Waals surface area (Å²) in [6, 6.07) is 26.3. The van der Waals surface area contributed by atoms with E-state index in [0.29, 0.717) is 5.56 Å². The van der Waals surface area contributed by atoms with Gasteiger partial charge in [0.1, 0.15) is 0 Å². The van der Waals surface area contributed by atoms with E-state index >= 15 is 0 Å². The normalized spacial score (nSPS) is 18.7. The zero-order chi connectivity index (χ0) is 18.8. The van der Waals surface area contributed by atoms with Gasteiger partial charge in [-0.15, -0.1) is 0 Å². The Hall–Kier alpha value is -2.59. The number of benzene rings is 3. The van der Waals surface area contributed by atoms with Crippen LogP contribution in [0.3, 0.4) is 0 Å². The van der Waals surface area contributed by atoms with E-state index in [1.165, 1.54) is 0 Å². The van der Waals surface area contributed by atoms with Gasteiger partial charge in [0, 0.05) is 27.5 Å². The van der Waals surface area contributed by atoms with Crippen molar-refractivity contribution in [3.05, 3.63) is 94.5 Å². The second kappa shape index (κ2) is 7.57. The largest absolute Gasteiger partial charge is 0.378 e. The first-order valence-electron chi connectivity index (χ1n) is 9.13. The lowest BCUT2D eigenvalue weighted by Crippen LogP contribution is -2.44. The molecular formula is C23H21BrN2O. The van der Waals surface area contributed by atoms with Crippen molar-refractivity contribution in [2.75, 3.05) is 10.2 Å². The van der Waals surface area contributed by atoms with Gasteiger partial charge in [-0.25, -0.2) is 0 Å². The van der Waals surface area contributed by atoms with E-state index in [1.807, 2.05) is 65.6 Å². The van der Waals surface area contributed by atoms with Crippen LogP contribution in [0, 0.1) is 0 Å². The van der Waals surface area contributed by atoms with Crippen molar-refractivity contribution in [2.45, 2.75) is 25.4 Å². The summed E-state index contributed by atoms with van der Waals surface area (Å²) in [4.78, 5) is 15.2. The fourth-order valence-corrected chi connectivity index (χ4v) is 3.99. The fraction of sp³-hybridized carbons (Fsp3) is 0.174. The average Bonchev–Trinajstić information content (AvgIpc) is 2.69. The Balaban J connectivity index is 1.68. The quantitative estimate of drug-likeness (QED) is 0.559. The summed E-state index contributed by atoms with van der Waals surface area (Å²) in [5.74, 6) is 0.0422. The molecule has 1 aliphatic heterocycles. The lowest BCUT2D eigenvalue weighted by atomic mass is 9.90. The van der Waals surface area contributed by atoms with Crippen LogP contribution < -0.4 is 10.2 Å². The number of halogens is 1. The number of hydrogen-bond acceptors (Lipinski definition) is 2. The molecule has 0 unspecified atom stereocenters. The summed E-state index contributed by atoms with van der Waals surface area (Å²) in [6.07, 6.45) is 0.855. The number of anilines is 2. The zero-order valence-electron chi connectivity index (χ0n) is 15.1. The maximum Gasteiger partial charge on any atom is 0.258 e. The molecule has 4 heteroatoms. The Bertz CT molecular complexity index is 940. The van der Waals surface area contributed by atoms with Crippen LogP contribution in [-0.4, -0.2) is 11.9 Å². The number of para-hydroxylation sites is 2. The maximum absolute atomic E-state index is 13.2. The standard InChI is InChI=1S/C23H21BrN2O/c1-16-15-21(25-19-7-3-2-4-8-19)20-9-5-6-10-22(20)26(16)23(27)17-11-13-18(24)14-12-17/h2-14,16,21,25H,15H2,1H3/t16-,21-/m1/s1. The minimum atomic E-state index is 0.0422. The van der Waals surface area contributed by atoms with Crippen LogP contribution in [0.15, 0.2) is 83.3 Å². The van der Waals surface area contributed by atoms with Gasteiger partial charge in [0.2, 0.25) is 0 Å². The Morgan fingerprint density at radius 1 is 0.963 bits per heavy atom. The van der Waals surface area contributed by atoms with Crippen LogP contribution in [0.4, 0.5) is 11.4 Å². The number of carbonyl (C=O) groups excluding carboxylic acids is 1. The highest BCUT2D eigenvalue weighted by Crippen LogP contribution is 2.39. The number of hydrogen-bond donors (Lipinski definition) is 1. The lowest BCUT2D eigenvalue weighted by Gasteiger charge is -2.40. The van der Waals surface area contributed by atoms with E-state index in [4.69, 9.17) is 0 Å². The van der Waals surface area contributed by atoms with Gasteiger partial charge in [-0.1, -0.05) is 52.3 Å². The highest BCUT2D eigenvalue weighted by Gasteiger charge is 2.34. The molecule has 27 heavy (non-hydrogen) atoms. The molecule has 136 valence electrons. The Morgan fingerprint density at radius 3 is 2.37 bits per heavy atom. The lowest BCUT2D eigenvalue weighted by molar-refractivity contribution is 0.0974. The SMILES string of the molecule is C[C@@H]1C[C@@H](Nc2ccccc2)c2ccccc2N1C(=O)c1ccc(Br)cc1. The molecule has 0 aliphatic carbocycles. The van der Waals surface area contributed by atoms with Crippen LogP contribution in [0.2, 0.25) is 0 Å². The van der Waals surface area contributed by atoms with E-state index in [1.54, 1.807) is 0 Å². The van der Waals surface area contributed by atoms with Crippen molar-refractivity contribution < 1.29 is 4.79 Å². The van der Waals surface area contributed by atoms with E-state index < -0.39 is 0 Å². The molecule has 1 heterocycles. The summed E-state index contributed by atoms with van der Waals surface area (Å²) < 4.78 is 0.971. The molecule has 3 nitrogen and oxygen atoms in total. The van der Waals surface area contributed by atoms with Crippen LogP contribution in [0.25, 0.3) is 0 Å². The summed E-state index contributed by atoms with van der Waals surface area (Å²) in [5.41, 5.74) is 3.94. The predicted molar refractivity (Wildman–Crippen MR) is 114 cm³/mol. The topological polar surface area (TPSA) is 32.3 Å². The van der Waals surface area contributed by atoms with Crippen molar-refractivity contribution in [3.8, 4) is 0 Å². The Labute approximate surface area is 168 Å². The third-order valence-electron chi connectivity index (χ3n) is 5.01. The van der Waals surface area contributed by atoms with Gasteiger partial charge in [-0.2, -0.15) is 0 Å². The smallest absolute Gasteiger partial charge is 0.258 e. The van der Waals surface area contributed by atoms with Gasteiger partial charge in [0.15, 0.2) is 0 Å². The molecule has 0 saturated heterocycles. The molecule has 0 fully saturated rings. The number of nitrogens with one attached hydrogen (secondary N) is 1. The second-order valence-corrected chi connectivity index (χ2v) is 7.80. The number of rotatable bonds is 3. The molecule has 4 rings (SSSR count). The number of amides is 1. The van der Waals surface area contributed by atoms with Gasteiger partial charge in [0.25, 0.3) is 5.91 Å². The van der Waals surface area contributed by atoms with Gasteiger partial charge >= 0.3 is 0 Å². The summed E-state index contributed by atoms with van der Waals surface area (Å²) in [6.45, 7) is 2.12. The predicted octanol–water partition coefficient (Wildman–Crippen LogP) is 6.04. The fourth-order valence-electron chi connectivity index (χ4n) is 3.73. The van der Waals surface area contributed by atoms with Gasteiger partial charge < -0.3 is 10.2 Å². The Kier molecular flexibility index (Phi) is 4.99. The molecule has 0 radical (unpaired) electrons. The molecular weight excluding hydrogens is 400 g/mol. The highest BCUT2D eigenvalue weighted by atomic mass is 79.9. The average molecular weight is 421 g/mol. The molecule has 0 spiro atoms. The number of fused-ring (bicyclic) bond motifs is 1. The van der Waals surface area contributed by atoms with Crippen molar-refractivity contribution in [1.82, 2.24) is 0 Å². The third kappa shape index (κ3) is 3.62. The summed E-state index contributed by atoms with van der Waals surface area (Å²) >= 11 is 3.43. The summed E-state index contributed by atoms with van der Waals surface area (Å²) in [5, 5.41) is 3.63. The van der Waals surface area contributed by atoms with E-state index in [-0.39, 0.29) is 18.0 Å². The molecule has 0 aromatic heterocycles. The third-order valence-corrected chi connectivity index (χ3v) is 5.54. The van der Waals surface area contributed by atoms with Crippen molar-refractivity contribution in [3.63, 3.8) is 0 Å². The van der Waals surface area contributed by atoms with E-state index in [0.717, 1.165) is 27.8 Å². The molecule has 0 saturated carbocycles. The zero-order valence-corrected chi connectivity index (χ0v) is 16.7. The van der Waals surface area contributed by atoms with Gasteiger partial charge in [-0.3, -0.25) is 4.79 Å². The minimum Gasteiger partial charge on any atom is -0.378 e. The number of carbonyl (C=O) groups is 1. The monoisotopic (exact) mass is 420 g/mol. The first kappa shape index (κ1) is 17.8. The molecule has 1 aliphatic rings. The molecule has 0 bridgehead atoms. The Morgan fingerprint density at radius 2 is 1.63 bits per heavy atom. The summed E-state index contributed by atoms with van der Waals surface area (Å²) in [7, 11) is 0. The van der Waals surface area contributed by atoms with Crippen molar-refractivity contribution in [2.24, 2.45) is 0 Å².